The highest BCUT2D eigenvalue weighted by molar-refractivity contribution is 7.90. The maximum absolute atomic E-state index is 12.9. The maximum Gasteiger partial charge on any atom is 0.338 e. The fraction of sp³-hybridized carbons (Fsp3) is 0.586. The number of aromatic carboxylic acids is 1. The molecule has 4 aliphatic rings. The van der Waals surface area contributed by atoms with Crippen LogP contribution in [0.2, 0.25) is 10.3 Å². The molecule has 452 valence electrons. The molecule has 6 heterocycles. The largest absolute Gasteiger partial charge is 0.478 e. The molecule has 2 atom stereocenters. The molecule has 0 spiro atoms. The minimum Gasteiger partial charge on any atom is -0.478 e. The van der Waals surface area contributed by atoms with Gasteiger partial charge in [0.2, 0.25) is 21.8 Å². The SMILES string of the molecule is CC1(C)CCC(CCCCn2cc(S(=O)(=O)NC(=O)c3ccc(-n4ccc(OCCC5(C)CC5)n4)nc3Cl)cn2)C1.CC1(C)CCC(CCCCn2cc(S(N)(=O)=O)cn2)C1.CC1(CCOc2ccn(-c3ccc(C(=O)O)c(Cl)n3)n2)CC1. The molecule has 4 fully saturated rings. The number of hydrogen-bond donors (Lipinski definition) is 3. The number of primary sulfonamides is 1. The number of pyridine rings is 2. The Bertz CT molecular complexity index is 3420. The van der Waals surface area contributed by atoms with Crippen molar-refractivity contribution in [2.75, 3.05) is 13.2 Å². The zero-order chi connectivity index (χ0) is 59.8. The second kappa shape index (κ2) is 26.6. The molecule has 4 aliphatic carbocycles. The van der Waals surface area contributed by atoms with E-state index in [1.165, 1.54) is 130 Å². The molecular formula is C58H80Cl2N12O9S2. The Balaban J connectivity index is 0.000000180. The molecule has 4 saturated carbocycles. The molecule has 4 N–H and O–H groups in total. The Hall–Kier alpha value is -5.88. The third-order valence-electron chi connectivity index (χ3n) is 16.6. The summed E-state index contributed by atoms with van der Waals surface area (Å²) < 4.78 is 67.7. The number of carbonyl (C=O) groups is 2. The van der Waals surface area contributed by atoms with Crippen molar-refractivity contribution in [3.63, 3.8) is 0 Å². The monoisotopic (exact) mass is 1220 g/mol. The van der Waals surface area contributed by atoms with Gasteiger partial charge in [0.25, 0.3) is 15.9 Å². The van der Waals surface area contributed by atoms with E-state index in [-0.39, 0.29) is 31.2 Å². The summed E-state index contributed by atoms with van der Waals surface area (Å²) in [6.45, 7) is 16.5. The van der Waals surface area contributed by atoms with E-state index in [2.05, 4.69) is 76.6 Å². The van der Waals surface area contributed by atoms with Crippen LogP contribution in [0, 0.1) is 33.5 Å². The number of carbonyl (C=O) groups excluding carboxylic acids is 1. The number of nitrogens with zero attached hydrogens (tertiary/aromatic N) is 10. The third-order valence-corrected chi connectivity index (χ3v) is 19.3. The highest BCUT2D eigenvalue weighted by atomic mass is 35.5. The van der Waals surface area contributed by atoms with Gasteiger partial charge in [0.05, 0.1) is 36.7 Å². The molecule has 2 unspecified atom stereocenters. The number of carboxylic acids is 1. The number of unbranched alkanes of at least 4 members (excludes halogenated alkanes) is 2. The third kappa shape index (κ3) is 18.8. The summed E-state index contributed by atoms with van der Waals surface area (Å²) in [5.41, 5.74) is 1.72. The van der Waals surface area contributed by atoms with E-state index in [0.29, 0.717) is 64.8 Å². The Labute approximate surface area is 497 Å². The molecule has 21 nitrogen and oxygen atoms in total. The number of hydrogen-bond acceptors (Lipinski definition) is 14. The normalized spacial score (nSPS) is 19.0. The van der Waals surface area contributed by atoms with E-state index in [4.69, 9.17) is 42.9 Å². The lowest BCUT2D eigenvalue weighted by molar-refractivity contribution is 0.0696. The van der Waals surface area contributed by atoms with Crippen molar-refractivity contribution in [1.82, 2.24) is 53.8 Å². The van der Waals surface area contributed by atoms with Crippen LogP contribution in [0.5, 0.6) is 11.8 Å². The Morgan fingerprint density at radius 1 is 0.651 bits per heavy atom. The smallest absolute Gasteiger partial charge is 0.338 e. The summed E-state index contributed by atoms with van der Waals surface area (Å²) in [6.07, 6.45) is 30.5. The highest BCUT2D eigenvalue weighted by Crippen LogP contribution is 2.49. The topological polar surface area (TPSA) is 276 Å². The molecule has 10 rings (SSSR count). The summed E-state index contributed by atoms with van der Waals surface area (Å²) in [7, 11) is -7.76. The maximum atomic E-state index is 12.9. The molecule has 0 bridgehead atoms. The van der Waals surface area contributed by atoms with Gasteiger partial charge in [-0.15, -0.1) is 10.2 Å². The highest BCUT2D eigenvalue weighted by Gasteiger charge is 2.38. The Morgan fingerprint density at radius 2 is 1.10 bits per heavy atom. The molecule has 1 amide bonds. The number of nitrogens with two attached hydrogens (primary N) is 1. The summed E-state index contributed by atoms with van der Waals surface area (Å²) in [4.78, 5) is 32.0. The molecule has 0 aromatic carbocycles. The molecule has 83 heavy (non-hydrogen) atoms. The second-order valence-corrected chi connectivity index (χ2v) is 29.2. The Kier molecular flexibility index (Phi) is 20.2. The molecule has 0 saturated heterocycles. The zero-order valence-electron chi connectivity index (χ0n) is 48.5. The first-order valence-electron chi connectivity index (χ1n) is 28.7. The molecule has 25 heteroatoms. The quantitative estimate of drug-likeness (QED) is 0.0355. The fourth-order valence-electron chi connectivity index (χ4n) is 10.7. The summed E-state index contributed by atoms with van der Waals surface area (Å²) in [6, 6.07) is 9.39. The molecule has 6 aromatic rings. The van der Waals surface area contributed by atoms with Crippen molar-refractivity contribution in [2.24, 2.45) is 38.6 Å². The summed E-state index contributed by atoms with van der Waals surface area (Å²) >= 11 is 12.1. The predicted molar refractivity (Wildman–Crippen MR) is 315 cm³/mol. The van der Waals surface area contributed by atoms with E-state index in [1.807, 2.05) is 0 Å². The molecule has 6 aromatic heterocycles. The molecule has 0 radical (unpaired) electrons. The van der Waals surface area contributed by atoms with Gasteiger partial charge in [-0.2, -0.15) is 10.2 Å². The number of rotatable bonds is 25. The number of nitrogens with one attached hydrogen (secondary N) is 1. The standard InChI is InChI=1S/C29H39ClN6O4S.C15H16ClN3O3.C14H25N3O2S/c1-28(2)11-9-21(18-28)6-4-5-15-35-20-22(19-31-35)41(38,39)34-27(37)23-7-8-24(32-26(23)30)36-16-10-25(33-36)40-17-14-29(3)12-13-29;1-15(5-6-15)7-9-22-12-4-8-19(18-12)11-3-2-10(14(20)21)13(16)17-11;1-14(2)7-6-12(9-14)5-3-4-8-17-11-13(10-16-17)20(15,18)19/h7-8,10,16,19-21H,4-6,9,11-15,17-18H2,1-3H3,(H,34,37);2-4,8H,5-7,9H2,1H3,(H,20,21);10-12H,3-9H2,1-2H3,(H2,15,18,19). The van der Waals surface area contributed by atoms with Crippen molar-refractivity contribution in [3.05, 3.63) is 95.0 Å². The van der Waals surface area contributed by atoms with Gasteiger partial charge >= 0.3 is 5.97 Å². The van der Waals surface area contributed by atoms with E-state index in [1.54, 1.807) is 46.0 Å². The first-order valence-corrected chi connectivity index (χ1v) is 32.5. The van der Waals surface area contributed by atoms with Crippen LogP contribution in [0.25, 0.3) is 11.6 Å². The van der Waals surface area contributed by atoms with Crippen LogP contribution in [0.15, 0.2) is 83.4 Å². The predicted octanol–water partition coefficient (Wildman–Crippen LogP) is 11.5. The Morgan fingerprint density at radius 3 is 1.49 bits per heavy atom. The minimum absolute atomic E-state index is 0.0354. The number of carboxylic acid groups (broad SMARTS) is 1. The molecule has 0 aliphatic heterocycles. The lowest BCUT2D eigenvalue weighted by atomic mass is 9.89. The number of amides is 1. The van der Waals surface area contributed by atoms with E-state index in [9.17, 15) is 26.4 Å². The van der Waals surface area contributed by atoms with Gasteiger partial charge in [0.1, 0.15) is 20.1 Å². The van der Waals surface area contributed by atoms with E-state index in [0.717, 1.165) is 50.5 Å². The minimum atomic E-state index is -4.14. The van der Waals surface area contributed by atoms with Crippen molar-refractivity contribution in [3.8, 4) is 23.4 Å². The van der Waals surface area contributed by atoms with Gasteiger partial charge in [-0.3, -0.25) is 14.2 Å². The van der Waals surface area contributed by atoms with Crippen LogP contribution in [0.1, 0.15) is 178 Å². The van der Waals surface area contributed by atoms with Crippen LogP contribution in [-0.4, -0.2) is 96.1 Å². The summed E-state index contributed by atoms with van der Waals surface area (Å²) in [5, 5.41) is 30.6. The van der Waals surface area contributed by atoms with Crippen LogP contribution in [0.4, 0.5) is 0 Å². The van der Waals surface area contributed by atoms with Crippen molar-refractivity contribution >= 4 is 55.1 Å². The second-order valence-electron chi connectivity index (χ2n) is 25.2. The van der Waals surface area contributed by atoms with Gasteiger partial charge in [0, 0.05) is 50.0 Å². The van der Waals surface area contributed by atoms with Crippen molar-refractivity contribution in [2.45, 2.75) is 180 Å². The number of aryl methyl sites for hydroxylation is 2. The number of halogens is 2. The number of sulfonamides is 2. The fourth-order valence-corrected chi connectivity index (χ4v) is 12.6. The first kappa shape index (κ1) is 63.1. The van der Waals surface area contributed by atoms with Crippen molar-refractivity contribution < 1.29 is 41.0 Å². The first-order chi connectivity index (χ1) is 39.1. The zero-order valence-corrected chi connectivity index (χ0v) is 51.6. The van der Waals surface area contributed by atoms with Gasteiger partial charge in [-0.25, -0.2) is 50.8 Å². The van der Waals surface area contributed by atoms with Crippen LogP contribution < -0.4 is 19.3 Å². The lowest BCUT2D eigenvalue weighted by Gasteiger charge is -2.17. The average molecular weight is 1220 g/mol. The van der Waals surface area contributed by atoms with Crippen LogP contribution in [0.3, 0.4) is 0 Å². The van der Waals surface area contributed by atoms with Gasteiger partial charge in [-0.1, -0.05) is 90.4 Å². The van der Waals surface area contributed by atoms with Gasteiger partial charge in [-0.05, 0) is 148 Å². The lowest BCUT2D eigenvalue weighted by Crippen LogP contribution is -2.30. The van der Waals surface area contributed by atoms with Gasteiger partial charge in [0.15, 0.2) is 11.6 Å². The van der Waals surface area contributed by atoms with Gasteiger partial charge < -0.3 is 14.6 Å². The number of aromatic nitrogens is 10. The number of ether oxygens (including phenoxy) is 2. The summed E-state index contributed by atoms with van der Waals surface area (Å²) in [5.74, 6) is 1.46. The molecular weight excluding hydrogens is 1140 g/mol. The van der Waals surface area contributed by atoms with Crippen molar-refractivity contribution in [1.29, 1.82) is 0 Å². The van der Waals surface area contributed by atoms with Crippen LogP contribution in [-0.2, 0) is 33.1 Å². The average Bonchev–Trinajstić information content (AvgIpc) is 4.09. The van der Waals surface area contributed by atoms with E-state index >= 15 is 0 Å². The van der Waals surface area contributed by atoms with E-state index < -0.39 is 31.9 Å². The van der Waals surface area contributed by atoms with Crippen LogP contribution >= 0.6 is 23.2 Å².